The average Bonchev–Trinajstić information content (AvgIpc) is 3.11. The second-order valence-corrected chi connectivity index (χ2v) is 10.1. The van der Waals surface area contributed by atoms with Gasteiger partial charge in [0.15, 0.2) is 11.6 Å². The lowest BCUT2D eigenvalue weighted by atomic mass is 10.1. The Bertz CT molecular complexity index is 1320. The van der Waals surface area contributed by atoms with E-state index in [0.717, 1.165) is 50.0 Å². The van der Waals surface area contributed by atoms with Crippen LogP contribution in [-0.2, 0) is 11.3 Å². The summed E-state index contributed by atoms with van der Waals surface area (Å²) in [5, 5.41) is 4.77. The molecular weight excluding hydrogens is 466 g/mol. The van der Waals surface area contributed by atoms with E-state index in [1.54, 1.807) is 15.7 Å². The van der Waals surface area contributed by atoms with Gasteiger partial charge in [0, 0.05) is 12.7 Å². The smallest absolute Gasteiger partial charge is 0.309 e. The molecule has 1 amide bonds. The van der Waals surface area contributed by atoms with Gasteiger partial charge in [0.2, 0.25) is 5.91 Å². The molecule has 0 radical (unpaired) electrons. The Labute approximate surface area is 219 Å². The van der Waals surface area contributed by atoms with E-state index in [-0.39, 0.29) is 18.1 Å². The number of hydrogen-bond acceptors (Lipinski definition) is 6. The van der Waals surface area contributed by atoms with E-state index < -0.39 is 0 Å². The number of pyridine rings is 1. The fraction of sp³-hybridized carbons (Fsp3) is 0.500. The maximum atomic E-state index is 14.0. The van der Waals surface area contributed by atoms with Crippen molar-refractivity contribution >= 4 is 17.4 Å². The maximum Gasteiger partial charge on any atom is 0.350 e. The van der Waals surface area contributed by atoms with E-state index >= 15 is 0 Å². The summed E-state index contributed by atoms with van der Waals surface area (Å²) in [4.78, 5) is 38.4. The van der Waals surface area contributed by atoms with E-state index in [9.17, 15) is 9.59 Å². The van der Waals surface area contributed by atoms with E-state index in [0.29, 0.717) is 35.1 Å². The van der Waals surface area contributed by atoms with Crippen LogP contribution in [-0.4, -0.2) is 75.3 Å². The molecule has 0 aliphatic carbocycles. The van der Waals surface area contributed by atoms with Crippen LogP contribution >= 0.6 is 0 Å². The Morgan fingerprint density at radius 1 is 1.00 bits per heavy atom. The molecule has 2 aromatic heterocycles. The summed E-state index contributed by atoms with van der Waals surface area (Å²) in [6.07, 6.45) is 4.44. The minimum Gasteiger partial charge on any atom is -0.309 e. The summed E-state index contributed by atoms with van der Waals surface area (Å²) in [6, 6.07) is 7.71. The van der Waals surface area contributed by atoms with Crippen molar-refractivity contribution in [2.45, 2.75) is 53.5 Å². The molecule has 37 heavy (non-hydrogen) atoms. The first-order valence-corrected chi connectivity index (χ1v) is 13.2. The van der Waals surface area contributed by atoms with Gasteiger partial charge in [-0.25, -0.2) is 19.0 Å². The SMILES string of the molecule is CCCN(CCC)CC(=O)N1c2cc(C)c(C)cc2-n2c(nn(CCCN(C)C)c2=O)-c2cccnc21. The molecular formula is C28H39N7O2. The van der Waals surface area contributed by atoms with E-state index in [2.05, 4.69) is 28.6 Å². The largest absolute Gasteiger partial charge is 0.350 e. The number of amides is 1. The number of aryl methyl sites for hydroxylation is 3. The molecule has 0 spiro atoms. The molecule has 0 saturated carbocycles. The van der Waals surface area contributed by atoms with Gasteiger partial charge in [-0.2, -0.15) is 0 Å². The van der Waals surface area contributed by atoms with Crippen LogP contribution in [0.2, 0.25) is 0 Å². The highest BCUT2D eigenvalue weighted by atomic mass is 16.2. The van der Waals surface area contributed by atoms with Crippen LogP contribution in [0.4, 0.5) is 11.5 Å². The monoisotopic (exact) mass is 505 g/mol. The first-order valence-electron chi connectivity index (χ1n) is 13.2. The van der Waals surface area contributed by atoms with Gasteiger partial charge in [-0.3, -0.25) is 14.6 Å². The number of rotatable bonds is 10. The molecule has 198 valence electrons. The average molecular weight is 506 g/mol. The van der Waals surface area contributed by atoms with E-state index in [1.165, 1.54) is 4.68 Å². The van der Waals surface area contributed by atoms with Crippen LogP contribution in [0.25, 0.3) is 17.1 Å². The van der Waals surface area contributed by atoms with Crippen molar-refractivity contribution in [3.05, 3.63) is 52.1 Å². The molecule has 0 unspecified atom stereocenters. The van der Waals surface area contributed by atoms with Gasteiger partial charge in [-0.1, -0.05) is 13.8 Å². The summed E-state index contributed by atoms with van der Waals surface area (Å²) in [6.45, 7) is 11.6. The Balaban J connectivity index is 1.90. The van der Waals surface area contributed by atoms with Crippen LogP contribution in [0.3, 0.4) is 0 Å². The second kappa shape index (κ2) is 11.4. The van der Waals surface area contributed by atoms with Gasteiger partial charge >= 0.3 is 5.69 Å². The maximum absolute atomic E-state index is 14.0. The number of aromatic nitrogens is 4. The Morgan fingerprint density at radius 3 is 2.32 bits per heavy atom. The Kier molecular flexibility index (Phi) is 8.24. The molecule has 0 N–H and O–H groups in total. The first kappa shape index (κ1) is 26.8. The van der Waals surface area contributed by atoms with Gasteiger partial charge in [0.25, 0.3) is 0 Å². The first-order chi connectivity index (χ1) is 17.8. The molecule has 4 rings (SSSR count). The van der Waals surface area contributed by atoms with Crippen LogP contribution < -0.4 is 10.6 Å². The standard InChI is InChI=1S/C28H39N7O2/c1-7-13-32(14-8-2)19-25(36)34-23-17-20(3)21(4)18-24(23)35-27(22-11-9-12-29-26(22)34)30-33(28(35)37)16-10-15-31(5)6/h9,11-12,17-18H,7-8,10,13-16,19H2,1-6H3. The van der Waals surface area contributed by atoms with Crippen molar-refractivity contribution in [3.8, 4) is 17.1 Å². The molecule has 0 fully saturated rings. The molecule has 3 aromatic rings. The van der Waals surface area contributed by atoms with Gasteiger partial charge in [-0.05, 0) is 102 Å². The number of carbonyl (C=O) groups excluding carboxylic acids is 1. The molecule has 3 heterocycles. The number of anilines is 2. The molecule has 0 bridgehead atoms. The summed E-state index contributed by atoms with van der Waals surface area (Å²) in [7, 11) is 4.03. The molecule has 1 aromatic carbocycles. The predicted octanol–water partition coefficient (Wildman–Crippen LogP) is 3.76. The Morgan fingerprint density at radius 2 is 1.68 bits per heavy atom. The quantitative estimate of drug-likeness (QED) is 0.417. The summed E-state index contributed by atoms with van der Waals surface area (Å²) in [5.74, 6) is 0.953. The lowest BCUT2D eigenvalue weighted by molar-refractivity contribution is -0.119. The number of benzene rings is 1. The topological polar surface area (TPSA) is 79.5 Å². The van der Waals surface area contributed by atoms with Gasteiger partial charge < -0.3 is 4.90 Å². The summed E-state index contributed by atoms with van der Waals surface area (Å²) < 4.78 is 3.19. The third kappa shape index (κ3) is 5.38. The van der Waals surface area contributed by atoms with Gasteiger partial charge in [-0.15, -0.1) is 5.10 Å². The van der Waals surface area contributed by atoms with Crippen LogP contribution in [0.15, 0.2) is 35.3 Å². The van der Waals surface area contributed by atoms with Crippen LogP contribution in [0.1, 0.15) is 44.2 Å². The fourth-order valence-electron chi connectivity index (χ4n) is 4.91. The number of fused-ring (bicyclic) bond motifs is 5. The van der Waals surface area contributed by atoms with Crippen molar-refractivity contribution in [2.75, 3.05) is 45.2 Å². The summed E-state index contributed by atoms with van der Waals surface area (Å²) in [5.41, 5.74) is 3.87. The number of nitrogens with zero attached hydrogens (tertiary/aromatic N) is 7. The van der Waals surface area contributed by atoms with Crippen molar-refractivity contribution in [1.29, 1.82) is 0 Å². The third-order valence-electron chi connectivity index (χ3n) is 6.81. The van der Waals surface area contributed by atoms with E-state index in [1.807, 2.05) is 52.2 Å². The lowest BCUT2D eigenvalue weighted by Gasteiger charge is -2.28. The van der Waals surface area contributed by atoms with Crippen LogP contribution in [0.5, 0.6) is 0 Å². The highest BCUT2D eigenvalue weighted by Gasteiger charge is 2.33. The zero-order valence-corrected chi connectivity index (χ0v) is 23.0. The molecule has 0 atom stereocenters. The van der Waals surface area contributed by atoms with E-state index in [4.69, 9.17) is 5.10 Å². The van der Waals surface area contributed by atoms with Crippen molar-refractivity contribution in [2.24, 2.45) is 0 Å². The number of hydrogen-bond donors (Lipinski definition) is 0. The zero-order valence-electron chi connectivity index (χ0n) is 23.0. The molecule has 1 aliphatic heterocycles. The molecule has 9 heteroatoms. The highest BCUT2D eigenvalue weighted by molar-refractivity contribution is 6.06. The van der Waals surface area contributed by atoms with Crippen molar-refractivity contribution in [3.63, 3.8) is 0 Å². The van der Waals surface area contributed by atoms with Gasteiger partial charge in [0.05, 0.1) is 23.5 Å². The molecule has 9 nitrogen and oxygen atoms in total. The number of carbonyl (C=O) groups is 1. The fourth-order valence-corrected chi connectivity index (χ4v) is 4.91. The van der Waals surface area contributed by atoms with Crippen molar-refractivity contribution < 1.29 is 4.79 Å². The predicted molar refractivity (Wildman–Crippen MR) is 148 cm³/mol. The van der Waals surface area contributed by atoms with Crippen LogP contribution in [0, 0.1) is 13.8 Å². The highest BCUT2D eigenvalue weighted by Crippen LogP contribution is 2.41. The minimum absolute atomic E-state index is 0.0663. The summed E-state index contributed by atoms with van der Waals surface area (Å²) >= 11 is 0. The van der Waals surface area contributed by atoms with Crippen molar-refractivity contribution in [1.82, 2.24) is 29.1 Å². The molecule has 0 saturated heterocycles. The van der Waals surface area contributed by atoms with Gasteiger partial charge in [0.1, 0.15) is 0 Å². The zero-order chi connectivity index (χ0) is 26.7. The second-order valence-electron chi connectivity index (χ2n) is 10.1. The normalized spacial score (nSPS) is 12.5. The molecule has 1 aliphatic rings. The Hall–Kier alpha value is -3.30. The minimum atomic E-state index is -0.207. The lowest BCUT2D eigenvalue weighted by Crippen LogP contribution is -2.39. The third-order valence-corrected chi connectivity index (χ3v) is 6.81.